The van der Waals surface area contributed by atoms with Crippen molar-refractivity contribution in [1.29, 1.82) is 0 Å². The van der Waals surface area contributed by atoms with Gasteiger partial charge in [-0.1, -0.05) is 13.8 Å². The Morgan fingerprint density at radius 3 is 2.25 bits per heavy atom. The number of nitrogens with zero attached hydrogens (tertiary/aromatic N) is 1. The SMILES string of the molecule is CC(C)C(=O)NCCN(C)CC(=O)Nc1ccc(S(C)(=O)=O)cc1. The zero-order valence-electron chi connectivity index (χ0n) is 14.5. The molecule has 1 aromatic carbocycles. The molecule has 0 radical (unpaired) electrons. The first-order chi connectivity index (χ1) is 11.1. The van der Waals surface area contributed by atoms with Gasteiger partial charge in [0.05, 0.1) is 11.4 Å². The summed E-state index contributed by atoms with van der Waals surface area (Å²) >= 11 is 0. The molecule has 7 nitrogen and oxygen atoms in total. The molecule has 2 amide bonds. The van der Waals surface area contributed by atoms with Crippen LogP contribution in [-0.2, 0) is 19.4 Å². The Kier molecular flexibility index (Phi) is 7.37. The summed E-state index contributed by atoms with van der Waals surface area (Å²) in [6, 6.07) is 6.01. The molecule has 0 aliphatic rings. The minimum atomic E-state index is -3.25. The molecule has 8 heteroatoms. The van der Waals surface area contributed by atoms with Gasteiger partial charge in [-0.3, -0.25) is 14.5 Å². The van der Waals surface area contributed by atoms with Crippen LogP contribution in [0, 0.1) is 5.92 Å². The van der Waals surface area contributed by atoms with E-state index in [9.17, 15) is 18.0 Å². The zero-order chi connectivity index (χ0) is 18.3. The largest absolute Gasteiger partial charge is 0.355 e. The second kappa shape index (κ2) is 8.79. The van der Waals surface area contributed by atoms with E-state index in [1.54, 1.807) is 24.1 Å². The molecule has 134 valence electrons. The summed E-state index contributed by atoms with van der Waals surface area (Å²) in [7, 11) is -1.46. The first-order valence-electron chi connectivity index (χ1n) is 7.66. The van der Waals surface area contributed by atoms with Gasteiger partial charge < -0.3 is 10.6 Å². The molecule has 0 fully saturated rings. The number of benzene rings is 1. The highest BCUT2D eigenvalue weighted by Crippen LogP contribution is 2.13. The lowest BCUT2D eigenvalue weighted by Gasteiger charge is -2.17. The maximum atomic E-state index is 12.0. The van der Waals surface area contributed by atoms with E-state index in [0.29, 0.717) is 18.8 Å². The van der Waals surface area contributed by atoms with E-state index in [4.69, 9.17) is 0 Å². The molecule has 0 atom stereocenters. The van der Waals surface area contributed by atoms with Gasteiger partial charge in [-0.2, -0.15) is 0 Å². The van der Waals surface area contributed by atoms with Crippen LogP contribution in [-0.4, -0.2) is 58.1 Å². The van der Waals surface area contributed by atoms with E-state index in [1.807, 2.05) is 13.8 Å². The first-order valence-corrected chi connectivity index (χ1v) is 9.55. The van der Waals surface area contributed by atoms with Gasteiger partial charge in [0.25, 0.3) is 0 Å². The van der Waals surface area contributed by atoms with Crippen molar-refractivity contribution in [3.63, 3.8) is 0 Å². The third-order valence-corrected chi connectivity index (χ3v) is 4.43. The molecule has 0 saturated heterocycles. The summed E-state index contributed by atoms with van der Waals surface area (Å²) < 4.78 is 22.8. The standard InChI is InChI=1S/C16H25N3O4S/c1-12(2)16(21)17-9-10-19(3)11-15(20)18-13-5-7-14(8-6-13)24(4,22)23/h5-8,12H,9-11H2,1-4H3,(H,17,21)(H,18,20). The van der Waals surface area contributed by atoms with Gasteiger partial charge in [0.15, 0.2) is 9.84 Å². The fourth-order valence-electron chi connectivity index (χ4n) is 1.88. The fourth-order valence-corrected chi connectivity index (χ4v) is 2.51. The molecule has 0 unspecified atom stereocenters. The Morgan fingerprint density at radius 2 is 1.75 bits per heavy atom. The fraction of sp³-hybridized carbons (Fsp3) is 0.500. The lowest BCUT2D eigenvalue weighted by atomic mass is 10.2. The van der Waals surface area contributed by atoms with E-state index in [1.165, 1.54) is 12.1 Å². The van der Waals surface area contributed by atoms with Crippen LogP contribution in [0.2, 0.25) is 0 Å². The number of carbonyl (C=O) groups is 2. The normalized spacial score (nSPS) is 11.6. The van der Waals surface area contributed by atoms with E-state index in [-0.39, 0.29) is 29.2 Å². The van der Waals surface area contributed by atoms with Gasteiger partial charge in [-0.15, -0.1) is 0 Å². The molecule has 0 bridgehead atoms. The third kappa shape index (κ3) is 7.10. The molecule has 0 aliphatic carbocycles. The molecule has 0 aliphatic heterocycles. The molecule has 0 saturated carbocycles. The maximum absolute atomic E-state index is 12.0. The van der Waals surface area contributed by atoms with E-state index in [2.05, 4.69) is 10.6 Å². The molecule has 1 rings (SSSR count). The monoisotopic (exact) mass is 355 g/mol. The van der Waals surface area contributed by atoms with Crippen molar-refractivity contribution in [3.05, 3.63) is 24.3 Å². The quantitative estimate of drug-likeness (QED) is 0.717. The van der Waals surface area contributed by atoms with Crippen molar-refractivity contribution < 1.29 is 18.0 Å². The Morgan fingerprint density at radius 1 is 1.17 bits per heavy atom. The first kappa shape index (κ1) is 20.1. The second-order valence-electron chi connectivity index (χ2n) is 6.03. The number of rotatable bonds is 8. The van der Waals surface area contributed by atoms with Crippen LogP contribution in [0.4, 0.5) is 5.69 Å². The molecule has 2 N–H and O–H groups in total. The lowest BCUT2D eigenvalue weighted by Crippen LogP contribution is -2.38. The number of carbonyl (C=O) groups excluding carboxylic acids is 2. The van der Waals surface area contributed by atoms with Crippen molar-refractivity contribution in [2.24, 2.45) is 5.92 Å². The molecule has 0 spiro atoms. The Labute approximate surface area is 143 Å². The van der Waals surface area contributed by atoms with Crippen molar-refractivity contribution in [1.82, 2.24) is 10.2 Å². The Hall–Kier alpha value is -1.93. The molecule has 1 aromatic rings. The van der Waals surface area contributed by atoms with Crippen LogP contribution in [0.25, 0.3) is 0 Å². The summed E-state index contributed by atoms with van der Waals surface area (Å²) in [5.41, 5.74) is 0.536. The van der Waals surface area contributed by atoms with Crippen molar-refractivity contribution in [2.75, 3.05) is 38.3 Å². The molecular weight excluding hydrogens is 330 g/mol. The molecule has 24 heavy (non-hydrogen) atoms. The summed E-state index contributed by atoms with van der Waals surface area (Å²) in [5.74, 6) is -0.285. The van der Waals surface area contributed by atoms with Gasteiger partial charge in [0.2, 0.25) is 11.8 Å². The van der Waals surface area contributed by atoms with Crippen LogP contribution < -0.4 is 10.6 Å². The van der Waals surface area contributed by atoms with Crippen LogP contribution in [0.5, 0.6) is 0 Å². The number of hydrogen-bond acceptors (Lipinski definition) is 5. The van der Waals surface area contributed by atoms with Crippen LogP contribution in [0.3, 0.4) is 0 Å². The number of sulfone groups is 1. The lowest BCUT2D eigenvalue weighted by molar-refractivity contribution is -0.124. The smallest absolute Gasteiger partial charge is 0.238 e. The topological polar surface area (TPSA) is 95.6 Å². The van der Waals surface area contributed by atoms with Gasteiger partial charge in [-0.05, 0) is 31.3 Å². The minimum absolute atomic E-state index is 0.0150. The van der Waals surface area contributed by atoms with Gasteiger partial charge in [-0.25, -0.2) is 8.42 Å². The number of likely N-dealkylation sites (N-methyl/N-ethyl adjacent to an activating group) is 1. The number of hydrogen-bond donors (Lipinski definition) is 2. The maximum Gasteiger partial charge on any atom is 0.238 e. The van der Waals surface area contributed by atoms with Crippen LogP contribution >= 0.6 is 0 Å². The average Bonchev–Trinajstić information content (AvgIpc) is 2.46. The minimum Gasteiger partial charge on any atom is -0.355 e. The van der Waals surface area contributed by atoms with Gasteiger partial charge >= 0.3 is 0 Å². The highest BCUT2D eigenvalue weighted by molar-refractivity contribution is 7.90. The van der Waals surface area contributed by atoms with Crippen LogP contribution in [0.1, 0.15) is 13.8 Å². The predicted octanol–water partition coefficient (Wildman–Crippen LogP) is 0.733. The van der Waals surface area contributed by atoms with Crippen molar-refractivity contribution in [3.8, 4) is 0 Å². The Balaban J connectivity index is 2.41. The van der Waals surface area contributed by atoms with Crippen molar-refractivity contribution >= 4 is 27.3 Å². The average molecular weight is 355 g/mol. The summed E-state index contributed by atoms with van der Waals surface area (Å²) in [5, 5.41) is 5.49. The van der Waals surface area contributed by atoms with Gasteiger partial charge in [0.1, 0.15) is 0 Å². The summed E-state index contributed by atoms with van der Waals surface area (Å²) in [4.78, 5) is 25.4. The zero-order valence-corrected chi connectivity index (χ0v) is 15.3. The number of anilines is 1. The van der Waals surface area contributed by atoms with Crippen molar-refractivity contribution in [2.45, 2.75) is 18.7 Å². The highest BCUT2D eigenvalue weighted by atomic mass is 32.2. The predicted molar refractivity (Wildman–Crippen MR) is 93.5 cm³/mol. The van der Waals surface area contributed by atoms with E-state index >= 15 is 0 Å². The number of amides is 2. The van der Waals surface area contributed by atoms with Crippen LogP contribution in [0.15, 0.2) is 29.2 Å². The van der Waals surface area contributed by atoms with E-state index in [0.717, 1.165) is 6.26 Å². The Bertz CT molecular complexity index is 669. The van der Waals surface area contributed by atoms with E-state index < -0.39 is 9.84 Å². The second-order valence-corrected chi connectivity index (χ2v) is 8.04. The molecular formula is C16H25N3O4S. The molecule has 0 heterocycles. The third-order valence-electron chi connectivity index (χ3n) is 3.30. The number of nitrogens with one attached hydrogen (secondary N) is 2. The highest BCUT2D eigenvalue weighted by Gasteiger charge is 2.10. The summed E-state index contributed by atoms with van der Waals surface area (Å²) in [6.45, 7) is 4.84. The molecule has 0 aromatic heterocycles. The summed E-state index contributed by atoms with van der Waals surface area (Å²) in [6.07, 6.45) is 1.13. The van der Waals surface area contributed by atoms with Gasteiger partial charge in [0, 0.05) is 31.0 Å².